The molecule has 0 radical (unpaired) electrons. The molecule has 6 rings (SSSR count). The first-order valence-electron chi connectivity index (χ1n) is 13.4. The van der Waals surface area contributed by atoms with Gasteiger partial charge in [-0.15, -0.1) is 0 Å². The monoisotopic (exact) mass is 790 g/mol. The Bertz CT molecular complexity index is 1600. The summed E-state index contributed by atoms with van der Waals surface area (Å²) in [5.41, 5.74) is 0.734. The summed E-state index contributed by atoms with van der Waals surface area (Å²) in [6.07, 6.45) is 0.731. The van der Waals surface area contributed by atoms with Crippen LogP contribution in [0.1, 0.15) is 37.5 Å². The lowest BCUT2D eigenvalue weighted by Crippen LogP contribution is -2.52. The van der Waals surface area contributed by atoms with E-state index in [0.717, 1.165) is 20.9 Å². The average molecular weight is 794 g/mol. The maximum Gasteiger partial charge on any atom is 0.343 e. The minimum Gasteiger partial charge on any atom is -0.423 e. The highest BCUT2D eigenvalue weighted by Crippen LogP contribution is 2.60. The third-order valence-corrected chi connectivity index (χ3v) is 12.3. The van der Waals surface area contributed by atoms with Crippen molar-refractivity contribution in [2.24, 2.45) is 23.7 Å². The van der Waals surface area contributed by atoms with Crippen LogP contribution in [-0.4, -0.2) is 55.7 Å². The zero-order valence-electron chi connectivity index (χ0n) is 22.2. The average Bonchev–Trinajstić information content (AvgIpc) is 3.61. The van der Waals surface area contributed by atoms with E-state index in [-0.39, 0.29) is 38.4 Å². The molecule has 1 heterocycles. The number of hydrazine groups is 1. The Morgan fingerprint density at radius 1 is 0.791 bits per heavy atom. The first kappa shape index (κ1) is 30.2. The second-order valence-corrected chi connectivity index (χ2v) is 14.2. The highest BCUT2D eigenvalue weighted by molar-refractivity contribution is 9.12. The van der Waals surface area contributed by atoms with Crippen molar-refractivity contribution in [3.63, 3.8) is 0 Å². The van der Waals surface area contributed by atoms with Gasteiger partial charge in [0.15, 0.2) is 5.78 Å². The first-order valence-corrected chi connectivity index (χ1v) is 16.4. The number of amides is 3. The molecule has 0 spiro atoms. The fourth-order valence-electron chi connectivity index (χ4n) is 6.23. The molecule has 3 amide bonds. The van der Waals surface area contributed by atoms with E-state index in [9.17, 15) is 24.0 Å². The van der Waals surface area contributed by atoms with Crippen molar-refractivity contribution in [2.75, 3.05) is 6.54 Å². The molecule has 1 aliphatic heterocycles. The van der Waals surface area contributed by atoms with Gasteiger partial charge in [-0.05, 0) is 91.1 Å². The zero-order valence-corrected chi connectivity index (χ0v) is 27.7. The minimum absolute atomic E-state index is 0.0221. The highest BCUT2D eigenvalue weighted by atomic mass is 79.9. The molecule has 220 valence electrons. The van der Waals surface area contributed by atoms with Crippen LogP contribution < -0.4 is 4.74 Å². The standard InChI is InChI=1S/C31H22Br3ClN2O6/c32-18-7-1-17(2-8-18)31(42)43-20-11-5-15(6-12-20)23(38)14-36(28(39)16-3-9-19(35)10-4-16)37-29(40)24-21-13-22(25(24)30(37)41)27(34)26(21)33/h1-12,21-22,24-27H,13-14H2/t21-,22-,24-,25-,26+,27+/m1/s1. The maximum absolute atomic E-state index is 13.8. The molecule has 8 nitrogen and oxygen atoms in total. The maximum atomic E-state index is 13.8. The second kappa shape index (κ2) is 11.9. The predicted molar refractivity (Wildman–Crippen MR) is 168 cm³/mol. The number of ether oxygens (including phenoxy) is 1. The van der Waals surface area contributed by atoms with Crippen molar-refractivity contribution in [3.05, 3.63) is 99.0 Å². The molecule has 43 heavy (non-hydrogen) atoms. The molecule has 0 unspecified atom stereocenters. The Hall–Kier alpha value is -2.86. The van der Waals surface area contributed by atoms with Gasteiger partial charge in [-0.2, -0.15) is 5.01 Å². The minimum atomic E-state index is -0.676. The molecular formula is C31H22Br3ClN2O6. The summed E-state index contributed by atoms with van der Waals surface area (Å²) in [6, 6.07) is 18.6. The van der Waals surface area contributed by atoms with Gasteiger partial charge in [0, 0.05) is 30.3 Å². The zero-order chi connectivity index (χ0) is 30.6. The van der Waals surface area contributed by atoms with Crippen LogP contribution in [-0.2, 0) is 9.59 Å². The lowest BCUT2D eigenvalue weighted by molar-refractivity contribution is -0.154. The molecule has 6 atom stereocenters. The molecule has 3 aliphatic rings. The van der Waals surface area contributed by atoms with Gasteiger partial charge >= 0.3 is 5.97 Å². The second-order valence-electron chi connectivity index (χ2n) is 10.7. The summed E-state index contributed by atoms with van der Waals surface area (Å²) in [6.45, 7) is -0.554. The van der Waals surface area contributed by atoms with Gasteiger partial charge in [0.2, 0.25) is 0 Å². The van der Waals surface area contributed by atoms with Gasteiger partial charge in [-0.3, -0.25) is 19.2 Å². The third kappa shape index (κ3) is 5.49. The molecule has 3 aromatic carbocycles. The first-order chi connectivity index (χ1) is 20.5. The fourth-order valence-corrected chi connectivity index (χ4v) is 8.50. The molecule has 2 bridgehead atoms. The normalized spacial score (nSPS) is 25.5. The van der Waals surface area contributed by atoms with Gasteiger partial charge in [0.05, 0.1) is 17.4 Å². The summed E-state index contributed by atoms with van der Waals surface area (Å²) in [5, 5.41) is 2.23. The molecule has 3 fully saturated rings. The number of nitrogens with zero attached hydrogens (tertiary/aromatic N) is 2. The third-order valence-electron chi connectivity index (χ3n) is 8.29. The summed E-state index contributed by atoms with van der Waals surface area (Å²) in [4.78, 5) is 67.3. The van der Waals surface area contributed by atoms with Crippen LogP contribution in [0.25, 0.3) is 0 Å². The van der Waals surface area contributed by atoms with E-state index in [1.165, 1.54) is 48.5 Å². The van der Waals surface area contributed by atoms with Gasteiger partial charge in [0.1, 0.15) is 12.3 Å². The van der Waals surface area contributed by atoms with Gasteiger partial charge in [-0.1, -0.05) is 59.4 Å². The topological polar surface area (TPSA) is 101 Å². The Labute approximate surface area is 277 Å². The van der Waals surface area contributed by atoms with E-state index in [1.54, 1.807) is 24.3 Å². The van der Waals surface area contributed by atoms with Crippen LogP contribution in [0.3, 0.4) is 0 Å². The summed E-state index contributed by atoms with van der Waals surface area (Å²) in [7, 11) is 0. The molecule has 2 saturated carbocycles. The van der Waals surface area contributed by atoms with Crippen molar-refractivity contribution in [2.45, 2.75) is 16.1 Å². The van der Waals surface area contributed by atoms with Gasteiger partial charge in [0.25, 0.3) is 17.7 Å². The van der Waals surface area contributed by atoms with E-state index < -0.39 is 47.9 Å². The quantitative estimate of drug-likeness (QED) is 0.0911. The number of alkyl halides is 2. The number of halogens is 4. The summed E-state index contributed by atoms with van der Waals surface area (Å²) < 4.78 is 6.23. The Balaban J connectivity index is 1.24. The molecule has 0 N–H and O–H groups in total. The SMILES string of the molecule is O=C(CN(C(=O)c1ccc(Cl)cc1)N1C(=O)[C@@H]2[C@H]3C[C@@H]([C@H](Br)[C@H]3Br)[C@H]2C1=O)c1ccc(OC(=O)c2ccc(Br)cc2)cc1. The van der Waals surface area contributed by atoms with Crippen LogP contribution in [0.2, 0.25) is 5.02 Å². The van der Waals surface area contributed by atoms with Crippen molar-refractivity contribution >= 4 is 88.9 Å². The number of imide groups is 1. The Morgan fingerprint density at radius 2 is 1.30 bits per heavy atom. The number of Topliss-reactive ketones (excluding diaryl/α,β-unsaturated/α-hetero) is 1. The van der Waals surface area contributed by atoms with Crippen molar-refractivity contribution < 1.29 is 28.7 Å². The number of hydrogen-bond donors (Lipinski definition) is 0. The molecular weight excluding hydrogens is 772 g/mol. The Kier molecular flexibility index (Phi) is 8.36. The summed E-state index contributed by atoms with van der Waals surface area (Å²) in [5.74, 6) is -3.72. The van der Waals surface area contributed by atoms with Crippen molar-refractivity contribution in [3.8, 4) is 5.75 Å². The smallest absolute Gasteiger partial charge is 0.343 e. The fraction of sp³-hybridized carbons (Fsp3) is 0.258. The van der Waals surface area contributed by atoms with E-state index in [4.69, 9.17) is 16.3 Å². The van der Waals surface area contributed by atoms with Gasteiger partial charge in [-0.25, -0.2) is 9.80 Å². The number of ketones is 1. The number of rotatable bonds is 7. The largest absolute Gasteiger partial charge is 0.423 e. The number of benzene rings is 3. The van der Waals surface area contributed by atoms with Crippen LogP contribution in [0, 0.1) is 23.7 Å². The van der Waals surface area contributed by atoms with Gasteiger partial charge < -0.3 is 4.74 Å². The van der Waals surface area contributed by atoms with Crippen molar-refractivity contribution in [1.82, 2.24) is 10.0 Å². The highest BCUT2D eigenvalue weighted by Gasteiger charge is 2.67. The molecule has 3 aromatic rings. The lowest BCUT2D eigenvalue weighted by atomic mass is 9.81. The van der Waals surface area contributed by atoms with Crippen LogP contribution in [0.15, 0.2) is 77.3 Å². The van der Waals surface area contributed by atoms with E-state index in [0.29, 0.717) is 10.6 Å². The number of fused-ring (bicyclic) bond motifs is 5. The van der Waals surface area contributed by atoms with E-state index in [2.05, 4.69) is 47.8 Å². The van der Waals surface area contributed by atoms with Crippen LogP contribution in [0.4, 0.5) is 0 Å². The predicted octanol–water partition coefficient (Wildman–Crippen LogP) is 6.34. The molecule has 2 aliphatic carbocycles. The van der Waals surface area contributed by atoms with E-state index >= 15 is 0 Å². The van der Waals surface area contributed by atoms with E-state index in [1.807, 2.05) is 0 Å². The summed E-state index contributed by atoms with van der Waals surface area (Å²) >= 11 is 16.7. The number of hydrogen-bond acceptors (Lipinski definition) is 6. The van der Waals surface area contributed by atoms with Crippen LogP contribution >= 0.6 is 59.4 Å². The number of carbonyl (C=O) groups is 5. The lowest BCUT2D eigenvalue weighted by Gasteiger charge is -2.31. The number of esters is 1. The van der Waals surface area contributed by atoms with Crippen molar-refractivity contribution in [1.29, 1.82) is 0 Å². The molecule has 1 saturated heterocycles. The van der Waals surface area contributed by atoms with Crippen LogP contribution in [0.5, 0.6) is 5.75 Å². The Morgan fingerprint density at radius 3 is 1.86 bits per heavy atom. The number of carbonyl (C=O) groups excluding carboxylic acids is 5. The molecule has 12 heteroatoms. The molecule has 0 aromatic heterocycles.